The highest BCUT2D eigenvalue weighted by molar-refractivity contribution is 6.04. The second-order valence-electron chi connectivity index (χ2n) is 9.66. The first-order valence-corrected chi connectivity index (χ1v) is 11.4. The summed E-state index contributed by atoms with van der Waals surface area (Å²) in [6.07, 6.45) is -3.46. The van der Waals surface area contributed by atoms with Gasteiger partial charge in [0, 0.05) is 37.0 Å². The quantitative estimate of drug-likeness (QED) is 0.483. The zero-order valence-corrected chi connectivity index (χ0v) is 19.5. The third kappa shape index (κ3) is 5.36. The molecule has 0 unspecified atom stereocenters. The van der Waals surface area contributed by atoms with Crippen LogP contribution in [0.3, 0.4) is 0 Å². The number of rotatable bonds is 6. The van der Waals surface area contributed by atoms with Gasteiger partial charge in [-0.3, -0.25) is 9.78 Å². The number of pyridine rings is 1. The number of amides is 2. The van der Waals surface area contributed by atoms with Gasteiger partial charge in [0.2, 0.25) is 0 Å². The first kappa shape index (κ1) is 25.6. The third-order valence-electron chi connectivity index (χ3n) is 6.60. The van der Waals surface area contributed by atoms with Gasteiger partial charge in [0.15, 0.2) is 5.69 Å². The predicted octanol–water partition coefficient (Wildman–Crippen LogP) is 4.81. The number of carbonyl (C=O) groups is 2. The van der Waals surface area contributed by atoms with Gasteiger partial charge in [0.25, 0.3) is 5.91 Å². The summed E-state index contributed by atoms with van der Waals surface area (Å²) in [4.78, 5) is 29.5. The molecule has 7 nitrogen and oxygen atoms in total. The van der Waals surface area contributed by atoms with E-state index < -0.39 is 52.2 Å². The van der Waals surface area contributed by atoms with Gasteiger partial charge in [0.1, 0.15) is 11.6 Å². The Hall–Kier alpha value is -3.44. The minimum atomic E-state index is -5.01. The summed E-state index contributed by atoms with van der Waals surface area (Å²) in [6, 6.07) is 1.79. The van der Waals surface area contributed by atoms with Gasteiger partial charge < -0.3 is 20.6 Å². The molecule has 1 aromatic carbocycles. The van der Waals surface area contributed by atoms with Gasteiger partial charge in [-0.15, -0.1) is 0 Å². The molecule has 194 valence electrons. The number of hydrogen-bond donors (Lipinski definition) is 3. The lowest BCUT2D eigenvalue weighted by Gasteiger charge is -2.29. The first-order valence-electron chi connectivity index (χ1n) is 11.4. The molecule has 2 fully saturated rings. The van der Waals surface area contributed by atoms with Crippen molar-refractivity contribution in [3.8, 4) is 11.1 Å². The van der Waals surface area contributed by atoms with E-state index in [0.29, 0.717) is 6.07 Å². The van der Waals surface area contributed by atoms with Crippen molar-refractivity contribution in [2.75, 3.05) is 18.0 Å². The maximum atomic E-state index is 14.1. The molecule has 12 heteroatoms. The van der Waals surface area contributed by atoms with Crippen LogP contribution >= 0.6 is 0 Å². The molecule has 2 heterocycles. The Morgan fingerprint density at radius 1 is 1.19 bits per heavy atom. The van der Waals surface area contributed by atoms with Crippen LogP contribution in [0.5, 0.6) is 0 Å². The van der Waals surface area contributed by atoms with E-state index in [1.165, 1.54) is 4.90 Å². The van der Waals surface area contributed by atoms with Crippen molar-refractivity contribution in [1.29, 1.82) is 0 Å². The summed E-state index contributed by atoms with van der Waals surface area (Å²) in [5, 5.41) is 14.4. The van der Waals surface area contributed by atoms with E-state index in [9.17, 15) is 36.6 Å². The molecule has 2 aromatic rings. The van der Waals surface area contributed by atoms with Crippen LogP contribution in [0.1, 0.15) is 49.2 Å². The van der Waals surface area contributed by atoms with E-state index >= 15 is 0 Å². The predicted molar refractivity (Wildman–Crippen MR) is 121 cm³/mol. The summed E-state index contributed by atoms with van der Waals surface area (Å²) in [7, 11) is 0. The molecular formula is C24H25F5N4O3. The molecule has 1 aliphatic carbocycles. The van der Waals surface area contributed by atoms with E-state index in [2.05, 4.69) is 15.6 Å². The summed E-state index contributed by atoms with van der Waals surface area (Å²) in [6.45, 7) is 3.38. The minimum Gasteiger partial charge on any atom is -0.465 e. The van der Waals surface area contributed by atoms with Gasteiger partial charge in [0.05, 0.1) is 16.8 Å². The number of nitrogens with one attached hydrogen (secondary N) is 2. The lowest BCUT2D eigenvalue weighted by Crippen LogP contribution is -2.47. The number of halogens is 5. The second-order valence-corrected chi connectivity index (χ2v) is 9.66. The molecule has 0 radical (unpaired) electrons. The molecule has 3 N–H and O–H groups in total. The third-order valence-corrected chi connectivity index (χ3v) is 6.60. The normalized spacial score (nSPS) is 20.8. The highest BCUT2D eigenvalue weighted by Gasteiger charge is 2.43. The summed E-state index contributed by atoms with van der Waals surface area (Å²) in [5.41, 5.74) is -3.94. The fourth-order valence-electron chi connectivity index (χ4n) is 4.69. The van der Waals surface area contributed by atoms with Crippen molar-refractivity contribution in [2.45, 2.75) is 50.9 Å². The number of hydrogen-bond acceptors (Lipinski definition) is 4. The lowest BCUT2D eigenvalue weighted by molar-refractivity contribution is -0.140. The molecular weight excluding hydrogens is 487 g/mol. The molecule has 2 amide bonds. The van der Waals surface area contributed by atoms with Gasteiger partial charge in [-0.1, -0.05) is 0 Å². The summed E-state index contributed by atoms with van der Waals surface area (Å²) < 4.78 is 70.6. The van der Waals surface area contributed by atoms with Crippen molar-refractivity contribution < 1.29 is 36.6 Å². The molecule has 36 heavy (non-hydrogen) atoms. The molecule has 0 bridgehead atoms. The highest BCUT2D eigenvalue weighted by atomic mass is 19.4. The molecule has 1 aromatic heterocycles. The van der Waals surface area contributed by atoms with Gasteiger partial charge in [-0.05, 0) is 56.7 Å². The SMILES string of the molecule is C[C@H](NC(=O)c1cnc(C(F)(F)F)c(-c2cc(F)cc(F)c2)c1N1CC[C@](C)(NC(=O)O)C1)C1CC1. The van der Waals surface area contributed by atoms with Crippen molar-refractivity contribution >= 4 is 17.7 Å². The Bertz CT molecular complexity index is 1180. The fraction of sp³-hybridized carbons (Fsp3) is 0.458. The van der Waals surface area contributed by atoms with Crippen LogP contribution in [-0.2, 0) is 6.18 Å². The number of benzene rings is 1. The minimum absolute atomic E-state index is 0.0795. The molecule has 1 saturated carbocycles. The van der Waals surface area contributed by atoms with Crippen LogP contribution in [0.15, 0.2) is 24.4 Å². The molecule has 2 aliphatic rings. The number of alkyl halides is 3. The van der Waals surface area contributed by atoms with Crippen LogP contribution in [0.4, 0.5) is 32.4 Å². The number of nitrogens with zero attached hydrogens (tertiary/aromatic N) is 2. The van der Waals surface area contributed by atoms with E-state index in [0.717, 1.165) is 31.2 Å². The Balaban J connectivity index is 1.92. The largest absolute Gasteiger partial charge is 0.465 e. The van der Waals surface area contributed by atoms with Crippen molar-refractivity contribution in [1.82, 2.24) is 15.6 Å². The van der Waals surface area contributed by atoms with Gasteiger partial charge in [-0.2, -0.15) is 13.2 Å². The molecule has 0 spiro atoms. The highest BCUT2D eigenvalue weighted by Crippen LogP contribution is 2.45. The monoisotopic (exact) mass is 512 g/mol. The fourth-order valence-corrected chi connectivity index (χ4v) is 4.69. The summed E-state index contributed by atoms with van der Waals surface area (Å²) >= 11 is 0. The zero-order chi connectivity index (χ0) is 26.4. The van der Waals surface area contributed by atoms with Crippen LogP contribution in [0, 0.1) is 17.6 Å². The zero-order valence-electron chi connectivity index (χ0n) is 19.5. The molecule has 1 aliphatic heterocycles. The smallest absolute Gasteiger partial charge is 0.434 e. The Kier molecular flexibility index (Phi) is 6.56. The number of carbonyl (C=O) groups excluding carboxylic acids is 1. The van der Waals surface area contributed by atoms with Crippen molar-refractivity contribution in [2.24, 2.45) is 5.92 Å². The van der Waals surface area contributed by atoms with Crippen LogP contribution in [0.25, 0.3) is 11.1 Å². The average molecular weight is 512 g/mol. The maximum absolute atomic E-state index is 14.1. The Labute approximate surface area is 203 Å². The van der Waals surface area contributed by atoms with E-state index in [1.54, 1.807) is 13.8 Å². The van der Waals surface area contributed by atoms with E-state index in [-0.39, 0.29) is 42.7 Å². The number of carboxylic acid groups (broad SMARTS) is 1. The molecule has 2 atom stereocenters. The molecule has 1 saturated heterocycles. The average Bonchev–Trinajstić information content (AvgIpc) is 3.53. The topological polar surface area (TPSA) is 94.6 Å². The van der Waals surface area contributed by atoms with E-state index in [1.807, 2.05) is 0 Å². The Morgan fingerprint density at radius 2 is 1.83 bits per heavy atom. The van der Waals surface area contributed by atoms with Crippen LogP contribution < -0.4 is 15.5 Å². The standard InChI is InChI=1S/C24H25F5N4O3/c1-12(13-3-4-13)31-21(34)17-10-30-20(24(27,28)29)18(14-7-15(25)9-16(26)8-14)19(17)33-6-5-23(2,11-33)32-22(35)36/h7-10,12-13,32H,3-6,11H2,1-2H3,(H,31,34)(H,35,36)/t12-,23-/m0/s1. The molecule has 4 rings (SSSR count). The first-order chi connectivity index (χ1) is 16.8. The van der Waals surface area contributed by atoms with Crippen molar-refractivity contribution in [3.63, 3.8) is 0 Å². The number of anilines is 1. The van der Waals surface area contributed by atoms with Gasteiger partial charge in [-0.25, -0.2) is 13.6 Å². The number of aromatic nitrogens is 1. The maximum Gasteiger partial charge on any atom is 0.434 e. The van der Waals surface area contributed by atoms with Crippen LogP contribution in [-0.4, -0.2) is 46.8 Å². The second kappa shape index (κ2) is 9.21. The summed E-state index contributed by atoms with van der Waals surface area (Å²) in [5.74, 6) is -2.62. The van der Waals surface area contributed by atoms with E-state index in [4.69, 9.17) is 0 Å². The van der Waals surface area contributed by atoms with Crippen molar-refractivity contribution in [3.05, 3.63) is 47.3 Å². The van der Waals surface area contributed by atoms with Gasteiger partial charge >= 0.3 is 12.3 Å². The lowest BCUT2D eigenvalue weighted by atomic mass is 9.96. The Morgan fingerprint density at radius 3 is 2.39 bits per heavy atom. The van der Waals surface area contributed by atoms with Crippen LogP contribution in [0.2, 0.25) is 0 Å².